The average molecular weight is 546 g/mol. The zero-order chi connectivity index (χ0) is 27.9. The molecule has 3 aromatic heterocycles. The quantitative estimate of drug-likeness (QED) is 0.373. The van der Waals surface area contributed by atoms with Gasteiger partial charge in [0.2, 0.25) is 0 Å². The van der Waals surface area contributed by atoms with Gasteiger partial charge < -0.3 is 9.84 Å². The lowest BCUT2D eigenvalue weighted by atomic mass is 10.0. The van der Waals surface area contributed by atoms with Crippen molar-refractivity contribution in [1.82, 2.24) is 14.1 Å². The maximum Gasteiger partial charge on any atom is 0.277 e. The lowest BCUT2D eigenvalue weighted by molar-refractivity contribution is 0.0767. The first-order chi connectivity index (χ1) is 17.8. The van der Waals surface area contributed by atoms with E-state index in [4.69, 9.17) is 16.3 Å². The van der Waals surface area contributed by atoms with E-state index in [0.29, 0.717) is 29.1 Å². The van der Waals surface area contributed by atoms with E-state index < -0.39 is 46.3 Å². The van der Waals surface area contributed by atoms with Gasteiger partial charge in [0.15, 0.2) is 0 Å². The summed E-state index contributed by atoms with van der Waals surface area (Å²) in [6.45, 7) is 5.68. The van der Waals surface area contributed by atoms with Crippen molar-refractivity contribution in [3.8, 4) is 17.3 Å². The van der Waals surface area contributed by atoms with Crippen LogP contribution in [0.3, 0.4) is 0 Å². The highest BCUT2D eigenvalue weighted by molar-refractivity contribution is 6.31. The van der Waals surface area contributed by atoms with Crippen LogP contribution in [0.2, 0.25) is 5.02 Å². The molecule has 0 amide bonds. The predicted octanol–water partition coefficient (Wildman–Crippen LogP) is 4.88. The molecule has 1 aromatic carbocycles. The van der Waals surface area contributed by atoms with E-state index in [1.165, 1.54) is 53.6 Å². The molecule has 0 aliphatic rings. The van der Waals surface area contributed by atoms with Gasteiger partial charge in [0.1, 0.15) is 40.6 Å². The van der Waals surface area contributed by atoms with Crippen LogP contribution in [0.15, 0.2) is 58.4 Å². The first-order valence-electron chi connectivity index (χ1n) is 11.4. The molecule has 0 unspecified atom stereocenters. The third-order valence-corrected chi connectivity index (χ3v) is 6.28. The van der Waals surface area contributed by atoms with E-state index in [-0.39, 0.29) is 22.2 Å². The van der Waals surface area contributed by atoms with Gasteiger partial charge in [-0.3, -0.25) is 18.7 Å². The van der Waals surface area contributed by atoms with Gasteiger partial charge in [-0.05, 0) is 45.4 Å². The van der Waals surface area contributed by atoms with Crippen LogP contribution in [0, 0.1) is 31.3 Å². The van der Waals surface area contributed by atoms with E-state index in [9.17, 15) is 27.9 Å². The molecule has 7 nitrogen and oxygen atoms in total. The number of aromatic nitrogens is 3. The molecule has 0 spiro atoms. The van der Waals surface area contributed by atoms with Gasteiger partial charge in [0.25, 0.3) is 11.1 Å². The van der Waals surface area contributed by atoms with Crippen LogP contribution in [0.25, 0.3) is 11.5 Å². The fourth-order valence-electron chi connectivity index (χ4n) is 3.96. The number of aliphatic hydroxyl groups is 1. The van der Waals surface area contributed by atoms with Crippen LogP contribution in [-0.4, -0.2) is 19.2 Å². The Bertz CT molecular complexity index is 1650. The van der Waals surface area contributed by atoms with Crippen molar-refractivity contribution in [3.63, 3.8) is 0 Å². The van der Waals surface area contributed by atoms with Crippen molar-refractivity contribution in [2.45, 2.75) is 39.9 Å². The zero-order valence-corrected chi connectivity index (χ0v) is 21.6. The van der Waals surface area contributed by atoms with Crippen molar-refractivity contribution in [2.75, 3.05) is 0 Å². The lowest BCUT2D eigenvalue weighted by Gasteiger charge is -2.19. The van der Waals surface area contributed by atoms with E-state index in [1.807, 2.05) is 0 Å². The highest BCUT2D eigenvalue weighted by Crippen LogP contribution is 2.27. The summed E-state index contributed by atoms with van der Waals surface area (Å²) in [6.07, 6.45) is 2.98. The molecule has 4 rings (SSSR count). The number of rotatable bonds is 6. The Hall–Kier alpha value is -3.89. The summed E-state index contributed by atoms with van der Waals surface area (Å²) in [7, 11) is 0. The second-order valence-corrected chi connectivity index (χ2v) is 9.60. The number of pyridine rings is 3. The van der Waals surface area contributed by atoms with E-state index in [0.717, 1.165) is 0 Å². The van der Waals surface area contributed by atoms with Crippen molar-refractivity contribution in [3.05, 3.63) is 114 Å². The molecule has 0 saturated carbocycles. The molecule has 3 heterocycles. The van der Waals surface area contributed by atoms with Crippen molar-refractivity contribution >= 4 is 11.6 Å². The van der Waals surface area contributed by atoms with E-state index >= 15 is 0 Å². The third-order valence-electron chi connectivity index (χ3n) is 5.93. The number of hydrogen-bond donors (Lipinski definition) is 1. The Kier molecular flexibility index (Phi) is 7.22. The molecule has 0 fully saturated rings. The minimum Gasteiger partial charge on any atom is -0.487 e. The van der Waals surface area contributed by atoms with Gasteiger partial charge in [-0.1, -0.05) is 11.6 Å². The number of nitrogens with zero attached hydrogens (tertiary/aromatic N) is 3. The molecule has 0 atom stereocenters. The minimum absolute atomic E-state index is 0.116. The molecular weight excluding hydrogens is 523 g/mol. The molecule has 198 valence electrons. The van der Waals surface area contributed by atoms with Crippen LogP contribution >= 0.6 is 11.6 Å². The van der Waals surface area contributed by atoms with Crippen molar-refractivity contribution < 1.29 is 23.0 Å². The Morgan fingerprint density at radius 2 is 1.71 bits per heavy atom. The SMILES string of the molecule is Cc1cnc(-n2cccc(C(C)(C)O)c2=O)cc1-n1c(C)cc(OCc2c(F)cc(F)cc2F)c(Cl)c1=O. The predicted molar refractivity (Wildman–Crippen MR) is 136 cm³/mol. The van der Waals surface area contributed by atoms with Crippen LogP contribution in [0.1, 0.15) is 36.2 Å². The molecule has 0 aliphatic heterocycles. The summed E-state index contributed by atoms with van der Waals surface area (Å²) in [5.41, 5.74) is -1.56. The van der Waals surface area contributed by atoms with Gasteiger partial charge in [-0.25, -0.2) is 18.2 Å². The maximum atomic E-state index is 14.0. The molecule has 0 bridgehead atoms. The topological polar surface area (TPSA) is 86.3 Å². The molecular formula is C27H23ClF3N3O4. The second-order valence-electron chi connectivity index (χ2n) is 9.23. The Labute approximate surface area is 220 Å². The van der Waals surface area contributed by atoms with E-state index in [2.05, 4.69) is 4.98 Å². The van der Waals surface area contributed by atoms with Gasteiger partial charge in [-0.2, -0.15) is 0 Å². The van der Waals surface area contributed by atoms with Crippen LogP contribution in [0.4, 0.5) is 13.2 Å². The summed E-state index contributed by atoms with van der Waals surface area (Å²) >= 11 is 6.29. The Balaban J connectivity index is 1.76. The molecule has 4 aromatic rings. The lowest BCUT2D eigenvalue weighted by Crippen LogP contribution is -2.31. The summed E-state index contributed by atoms with van der Waals surface area (Å²) in [4.78, 5) is 30.6. The highest BCUT2D eigenvalue weighted by atomic mass is 35.5. The van der Waals surface area contributed by atoms with Crippen LogP contribution < -0.4 is 15.9 Å². The van der Waals surface area contributed by atoms with E-state index in [1.54, 1.807) is 19.9 Å². The second kappa shape index (κ2) is 10.1. The monoisotopic (exact) mass is 545 g/mol. The van der Waals surface area contributed by atoms with Crippen molar-refractivity contribution in [2.24, 2.45) is 0 Å². The summed E-state index contributed by atoms with van der Waals surface area (Å²) in [5, 5.41) is 9.99. The molecule has 38 heavy (non-hydrogen) atoms. The molecule has 11 heteroatoms. The summed E-state index contributed by atoms with van der Waals surface area (Å²) in [6, 6.07) is 7.12. The first kappa shape index (κ1) is 27.2. The number of aryl methyl sites for hydroxylation is 2. The molecule has 0 radical (unpaired) electrons. The first-order valence-corrected chi connectivity index (χ1v) is 11.8. The van der Waals surface area contributed by atoms with Gasteiger partial charge in [0, 0.05) is 47.9 Å². The third kappa shape index (κ3) is 5.09. The fourth-order valence-corrected chi connectivity index (χ4v) is 4.15. The van der Waals surface area contributed by atoms with Gasteiger partial charge in [0.05, 0.1) is 16.9 Å². The minimum atomic E-state index is -1.38. The fraction of sp³-hybridized carbons (Fsp3) is 0.222. The smallest absolute Gasteiger partial charge is 0.277 e. The van der Waals surface area contributed by atoms with Crippen molar-refractivity contribution in [1.29, 1.82) is 0 Å². The number of benzene rings is 1. The number of halogens is 4. The summed E-state index contributed by atoms with van der Waals surface area (Å²) in [5.74, 6) is -3.25. The summed E-state index contributed by atoms with van der Waals surface area (Å²) < 4.78 is 49.2. The highest BCUT2D eigenvalue weighted by Gasteiger charge is 2.22. The van der Waals surface area contributed by atoms with Crippen LogP contribution in [-0.2, 0) is 12.2 Å². The Morgan fingerprint density at radius 3 is 2.34 bits per heavy atom. The number of hydrogen-bond acceptors (Lipinski definition) is 5. The zero-order valence-electron chi connectivity index (χ0n) is 20.9. The maximum absolute atomic E-state index is 14.0. The Morgan fingerprint density at radius 1 is 1.05 bits per heavy atom. The number of ether oxygens (including phenoxy) is 1. The molecule has 0 aliphatic carbocycles. The molecule has 1 N–H and O–H groups in total. The molecule has 0 saturated heterocycles. The van der Waals surface area contributed by atoms with Gasteiger partial charge >= 0.3 is 0 Å². The normalized spacial score (nSPS) is 11.6. The van der Waals surface area contributed by atoms with Gasteiger partial charge in [-0.15, -0.1) is 0 Å². The average Bonchev–Trinajstić information content (AvgIpc) is 2.82. The standard InChI is InChI=1S/C27H23ClF3N3O4/c1-14-12-32-23(33-7-5-6-18(25(33)35)27(3,4)37)11-21(14)34-15(2)8-22(24(28)26(34)36)38-13-17-19(30)9-16(29)10-20(17)31/h5-12,37H,13H2,1-4H3. The van der Waals surface area contributed by atoms with Crippen LogP contribution in [0.5, 0.6) is 5.75 Å². The largest absolute Gasteiger partial charge is 0.487 e.